The predicted octanol–water partition coefficient (Wildman–Crippen LogP) is 2.00. The van der Waals surface area contributed by atoms with Crippen molar-refractivity contribution in [2.45, 2.75) is 26.4 Å². The number of hydrogen-bond donors (Lipinski definition) is 0. The van der Waals surface area contributed by atoms with Crippen molar-refractivity contribution in [1.29, 1.82) is 0 Å². The van der Waals surface area contributed by atoms with Crippen LogP contribution in [0.4, 0.5) is 0 Å². The van der Waals surface area contributed by atoms with Gasteiger partial charge in [0.15, 0.2) is 0 Å². The summed E-state index contributed by atoms with van der Waals surface area (Å²) >= 11 is 0. The van der Waals surface area contributed by atoms with E-state index in [0.717, 1.165) is 6.54 Å². The van der Waals surface area contributed by atoms with Crippen LogP contribution in [0.25, 0.3) is 0 Å². The van der Waals surface area contributed by atoms with Crippen LogP contribution in [0.1, 0.15) is 20.8 Å². The average Bonchev–Trinajstić information content (AvgIpc) is 2.00. The monoisotopic (exact) mass is 211 g/mol. The largest absolute Gasteiger partial charge is 0.457 e. The summed E-state index contributed by atoms with van der Waals surface area (Å²) in [6, 6.07) is 0. The highest BCUT2D eigenvalue weighted by atomic mass is 16.6. The van der Waals surface area contributed by atoms with Crippen molar-refractivity contribution < 1.29 is 9.53 Å². The fourth-order valence-corrected chi connectivity index (χ4v) is 1.03. The second-order valence-electron chi connectivity index (χ2n) is 4.59. The summed E-state index contributed by atoms with van der Waals surface area (Å²) in [5, 5.41) is 0. The molecule has 0 aromatic rings. The van der Waals surface area contributed by atoms with E-state index in [1.54, 1.807) is 6.08 Å². The van der Waals surface area contributed by atoms with E-state index in [1.165, 1.54) is 0 Å². The van der Waals surface area contributed by atoms with Crippen LogP contribution in [0.15, 0.2) is 24.8 Å². The summed E-state index contributed by atoms with van der Waals surface area (Å²) < 4.78 is 5.19. The van der Waals surface area contributed by atoms with E-state index in [4.69, 9.17) is 4.74 Å². The van der Waals surface area contributed by atoms with Gasteiger partial charge in [0.2, 0.25) is 0 Å². The van der Waals surface area contributed by atoms with Crippen molar-refractivity contribution in [3.05, 3.63) is 24.8 Å². The van der Waals surface area contributed by atoms with Gasteiger partial charge in [-0.2, -0.15) is 0 Å². The first-order chi connectivity index (χ1) is 6.76. The number of rotatable bonds is 5. The Labute approximate surface area is 92.4 Å². The number of nitrogens with zero attached hydrogens (tertiary/aromatic N) is 1. The second-order valence-corrected chi connectivity index (χ2v) is 4.59. The van der Waals surface area contributed by atoms with Crippen molar-refractivity contribution in [2.24, 2.45) is 0 Å². The maximum absolute atomic E-state index is 11.5. The molecular weight excluding hydrogens is 190 g/mol. The molecule has 0 amide bonds. The molecule has 0 atom stereocenters. The highest BCUT2D eigenvalue weighted by molar-refractivity contribution is 5.88. The van der Waals surface area contributed by atoms with Crippen LogP contribution in [-0.4, -0.2) is 36.6 Å². The van der Waals surface area contributed by atoms with Crippen molar-refractivity contribution in [3.8, 4) is 0 Å². The van der Waals surface area contributed by atoms with E-state index in [9.17, 15) is 4.79 Å². The standard InChI is InChI=1S/C12H21NO2/c1-7-8-13(6)9-10(2)11(14)15-12(3,4)5/h7H,1-2,8-9H2,3-6H3. The summed E-state index contributed by atoms with van der Waals surface area (Å²) in [6.07, 6.45) is 1.78. The topological polar surface area (TPSA) is 29.5 Å². The minimum Gasteiger partial charge on any atom is -0.457 e. The number of carbonyl (C=O) groups excluding carboxylic acids is 1. The summed E-state index contributed by atoms with van der Waals surface area (Å²) in [4.78, 5) is 13.5. The minimum absolute atomic E-state index is 0.335. The molecule has 0 spiro atoms. The molecule has 0 fully saturated rings. The number of hydrogen-bond acceptors (Lipinski definition) is 3. The van der Waals surface area contributed by atoms with E-state index >= 15 is 0 Å². The van der Waals surface area contributed by atoms with Crippen molar-refractivity contribution in [1.82, 2.24) is 4.90 Å². The molecule has 0 aliphatic carbocycles. The third kappa shape index (κ3) is 6.91. The number of esters is 1. The van der Waals surface area contributed by atoms with Crippen molar-refractivity contribution >= 4 is 5.97 Å². The Morgan fingerprint density at radius 2 is 2.00 bits per heavy atom. The molecule has 0 rings (SSSR count). The number of likely N-dealkylation sites (N-methyl/N-ethyl adjacent to an activating group) is 1. The van der Waals surface area contributed by atoms with Gasteiger partial charge < -0.3 is 4.74 Å². The molecule has 0 saturated heterocycles. The smallest absolute Gasteiger partial charge is 0.335 e. The van der Waals surface area contributed by atoms with Crippen LogP contribution in [0, 0.1) is 0 Å². The third-order valence-corrected chi connectivity index (χ3v) is 1.59. The Bertz CT molecular complexity index is 251. The van der Waals surface area contributed by atoms with E-state index < -0.39 is 5.60 Å². The SMILES string of the molecule is C=CCN(C)CC(=C)C(=O)OC(C)(C)C. The van der Waals surface area contributed by atoms with Gasteiger partial charge in [0.05, 0.1) is 0 Å². The zero-order chi connectivity index (χ0) is 12.1. The highest BCUT2D eigenvalue weighted by Crippen LogP contribution is 2.10. The first-order valence-corrected chi connectivity index (χ1v) is 4.97. The summed E-state index contributed by atoms with van der Waals surface area (Å²) in [7, 11) is 1.90. The summed E-state index contributed by atoms with van der Waals surface area (Å²) in [5.74, 6) is -0.335. The molecule has 0 aliphatic heterocycles. The van der Waals surface area contributed by atoms with Gasteiger partial charge >= 0.3 is 5.97 Å². The second kappa shape index (κ2) is 5.71. The molecule has 0 bridgehead atoms. The van der Waals surface area contributed by atoms with Gasteiger partial charge in [-0.25, -0.2) is 4.79 Å². The normalized spacial score (nSPS) is 11.3. The Hall–Kier alpha value is -1.09. The molecule has 86 valence electrons. The molecule has 0 aromatic heterocycles. The molecule has 15 heavy (non-hydrogen) atoms. The lowest BCUT2D eigenvalue weighted by Gasteiger charge is -2.22. The van der Waals surface area contributed by atoms with Crippen LogP contribution in [-0.2, 0) is 9.53 Å². The maximum atomic E-state index is 11.5. The van der Waals surface area contributed by atoms with E-state index in [0.29, 0.717) is 12.1 Å². The Balaban J connectivity index is 4.11. The molecule has 0 aromatic carbocycles. The lowest BCUT2D eigenvalue weighted by Crippen LogP contribution is -2.29. The number of carbonyl (C=O) groups is 1. The first-order valence-electron chi connectivity index (χ1n) is 4.97. The highest BCUT2D eigenvalue weighted by Gasteiger charge is 2.18. The van der Waals surface area contributed by atoms with E-state index in [-0.39, 0.29) is 5.97 Å². The molecule has 0 heterocycles. The van der Waals surface area contributed by atoms with Crippen LogP contribution < -0.4 is 0 Å². The third-order valence-electron chi connectivity index (χ3n) is 1.59. The van der Waals surface area contributed by atoms with E-state index in [2.05, 4.69) is 13.2 Å². The van der Waals surface area contributed by atoms with Gasteiger partial charge in [-0.15, -0.1) is 6.58 Å². The molecule has 3 heteroatoms. The predicted molar refractivity (Wildman–Crippen MR) is 62.7 cm³/mol. The average molecular weight is 211 g/mol. The molecule has 0 unspecified atom stereocenters. The van der Waals surface area contributed by atoms with Gasteiger partial charge in [-0.05, 0) is 27.8 Å². The lowest BCUT2D eigenvalue weighted by atomic mass is 10.2. The zero-order valence-corrected chi connectivity index (χ0v) is 10.2. The fourth-order valence-electron chi connectivity index (χ4n) is 1.03. The van der Waals surface area contributed by atoms with Gasteiger partial charge in [0.1, 0.15) is 5.60 Å². The molecule has 0 saturated carbocycles. The number of ether oxygens (including phenoxy) is 1. The zero-order valence-electron chi connectivity index (χ0n) is 10.2. The van der Waals surface area contributed by atoms with Gasteiger partial charge in [-0.3, -0.25) is 4.90 Å². The first kappa shape index (κ1) is 13.9. The Morgan fingerprint density at radius 1 is 1.47 bits per heavy atom. The van der Waals surface area contributed by atoms with E-state index in [1.807, 2.05) is 32.7 Å². The maximum Gasteiger partial charge on any atom is 0.335 e. The van der Waals surface area contributed by atoms with Crippen molar-refractivity contribution in [3.63, 3.8) is 0 Å². The van der Waals surface area contributed by atoms with Gasteiger partial charge in [0, 0.05) is 18.7 Å². The Kier molecular flexibility index (Phi) is 5.29. The van der Waals surface area contributed by atoms with Crippen LogP contribution in [0.5, 0.6) is 0 Å². The fraction of sp³-hybridized carbons (Fsp3) is 0.583. The lowest BCUT2D eigenvalue weighted by molar-refractivity contribution is -0.150. The molecule has 3 nitrogen and oxygen atoms in total. The minimum atomic E-state index is -0.461. The molecule has 0 radical (unpaired) electrons. The van der Waals surface area contributed by atoms with Gasteiger partial charge in [-0.1, -0.05) is 12.7 Å². The van der Waals surface area contributed by atoms with Crippen molar-refractivity contribution in [2.75, 3.05) is 20.1 Å². The Morgan fingerprint density at radius 3 is 2.40 bits per heavy atom. The summed E-state index contributed by atoms with van der Waals surface area (Å²) in [5.41, 5.74) is 0.00564. The molecular formula is C12H21NO2. The molecule has 0 aliphatic rings. The van der Waals surface area contributed by atoms with Crippen LogP contribution in [0.2, 0.25) is 0 Å². The quantitative estimate of drug-likeness (QED) is 0.396. The van der Waals surface area contributed by atoms with Gasteiger partial charge in [0.25, 0.3) is 0 Å². The molecule has 0 N–H and O–H groups in total. The van der Waals surface area contributed by atoms with Crippen LogP contribution in [0.3, 0.4) is 0 Å². The summed E-state index contributed by atoms with van der Waals surface area (Å²) in [6.45, 7) is 14.1. The van der Waals surface area contributed by atoms with Crippen LogP contribution >= 0.6 is 0 Å².